The number of ether oxygens (including phenoxy) is 1. The molecule has 1 aliphatic heterocycles. The number of aromatic nitrogens is 2. The molecule has 0 aliphatic carbocycles. The van der Waals surface area contributed by atoms with Crippen LogP contribution in [0.4, 0.5) is 0 Å². The van der Waals surface area contributed by atoms with E-state index in [0.717, 1.165) is 26.1 Å². The van der Waals surface area contributed by atoms with Crippen LogP contribution in [0.5, 0.6) is 0 Å². The first-order chi connectivity index (χ1) is 6.37. The van der Waals surface area contributed by atoms with E-state index >= 15 is 0 Å². The lowest BCUT2D eigenvalue weighted by atomic mass is 9.91. The second-order valence-electron chi connectivity index (χ2n) is 3.46. The van der Waals surface area contributed by atoms with E-state index < -0.39 is 0 Å². The van der Waals surface area contributed by atoms with Crippen molar-refractivity contribution in [2.75, 3.05) is 19.8 Å². The highest BCUT2D eigenvalue weighted by molar-refractivity contribution is 4.93. The van der Waals surface area contributed by atoms with Gasteiger partial charge in [0.15, 0.2) is 0 Å². The van der Waals surface area contributed by atoms with E-state index in [1.54, 1.807) is 12.5 Å². The lowest BCUT2D eigenvalue weighted by molar-refractivity contribution is -0.00829. The minimum Gasteiger partial charge on any atom is -0.394 e. The van der Waals surface area contributed by atoms with Crippen molar-refractivity contribution >= 4 is 0 Å². The van der Waals surface area contributed by atoms with Crippen LogP contribution in [-0.4, -0.2) is 34.5 Å². The van der Waals surface area contributed by atoms with Crippen LogP contribution >= 0.6 is 0 Å². The number of imidazole rings is 1. The zero-order valence-corrected chi connectivity index (χ0v) is 7.52. The SMILES string of the molecule is OCC1(n2ccnc2)CCOCC1. The van der Waals surface area contributed by atoms with Crippen molar-refractivity contribution in [2.45, 2.75) is 18.4 Å². The highest BCUT2D eigenvalue weighted by Gasteiger charge is 2.33. The van der Waals surface area contributed by atoms with E-state index in [1.165, 1.54) is 0 Å². The largest absolute Gasteiger partial charge is 0.394 e. The summed E-state index contributed by atoms with van der Waals surface area (Å²) in [5.74, 6) is 0. The summed E-state index contributed by atoms with van der Waals surface area (Å²) in [5.41, 5.74) is -0.172. The Hall–Kier alpha value is -0.870. The van der Waals surface area contributed by atoms with E-state index in [0.29, 0.717) is 0 Å². The molecular weight excluding hydrogens is 168 g/mol. The van der Waals surface area contributed by atoms with Crippen LogP contribution < -0.4 is 0 Å². The van der Waals surface area contributed by atoms with Crippen LogP contribution in [-0.2, 0) is 10.3 Å². The molecule has 0 atom stereocenters. The zero-order chi connectivity index (χ0) is 9.15. The maximum absolute atomic E-state index is 9.41. The third-order valence-corrected chi connectivity index (χ3v) is 2.77. The second kappa shape index (κ2) is 3.47. The van der Waals surface area contributed by atoms with E-state index in [4.69, 9.17) is 4.74 Å². The van der Waals surface area contributed by atoms with Gasteiger partial charge in [-0.2, -0.15) is 0 Å². The lowest BCUT2D eigenvalue weighted by Crippen LogP contribution is -2.42. The number of aliphatic hydroxyl groups is 1. The van der Waals surface area contributed by atoms with Gasteiger partial charge >= 0.3 is 0 Å². The van der Waals surface area contributed by atoms with Crippen molar-refractivity contribution in [3.63, 3.8) is 0 Å². The third kappa shape index (κ3) is 1.47. The fraction of sp³-hybridized carbons (Fsp3) is 0.667. The van der Waals surface area contributed by atoms with Gasteiger partial charge in [0.2, 0.25) is 0 Å². The molecule has 0 radical (unpaired) electrons. The van der Waals surface area contributed by atoms with Crippen LogP contribution in [0.3, 0.4) is 0 Å². The Morgan fingerprint density at radius 2 is 2.23 bits per heavy atom. The topological polar surface area (TPSA) is 47.3 Å². The Morgan fingerprint density at radius 3 is 2.77 bits per heavy atom. The number of hydrogen-bond acceptors (Lipinski definition) is 3. The van der Waals surface area contributed by atoms with Crippen LogP contribution in [0.2, 0.25) is 0 Å². The standard InChI is InChI=1S/C9H14N2O2/c12-7-9(1-5-13-6-2-9)11-4-3-10-8-11/h3-4,8,12H,1-2,5-7H2. The molecule has 2 rings (SSSR count). The average Bonchev–Trinajstić information content (AvgIpc) is 2.72. The second-order valence-corrected chi connectivity index (χ2v) is 3.46. The smallest absolute Gasteiger partial charge is 0.0951 e. The fourth-order valence-corrected chi connectivity index (χ4v) is 1.79. The van der Waals surface area contributed by atoms with Crippen LogP contribution in [0, 0.1) is 0 Å². The monoisotopic (exact) mass is 182 g/mol. The molecule has 1 fully saturated rings. The molecule has 4 nitrogen and oxygen atoms in total. The molecule has 0 saturated carbocycles. The molecule has 4 heteroatoms. The maximum atomic E-state index is 9.41. The minimum atomic E-state index is -0.172. The normalized spacial score (nSPS) is 21.6. The Morgan fingerprint density at radius 1 is 1.46 bits per heavy atom. The molecule has 1 aliphatic rings. The van der Waals surface area contributed by atoms with Gasteiger partial charge in [0.05, 0.1) is 18.5 Å². The molecule has 2 heterocycles. The maximum Gasteiger partial charge on any atom is 0.0951 e. The first kappa shape index (κ1) is 8.72. The van der Waals surface area contributed by atoms with Gasteiger partial charge in [-0.3, -0.25) is 0 Å². The molecule has 0 bridgehead atoms. The van der Waals surface area contributed by atoms with Crippen LogP contribution in [0.15, 0.2) is 18.7 Å². The highest BCUT2D eigenvalue weighted by Crippen LogP contribution is 2.28. The van der Waals surface area contributed by atoms with Crippen LogP contribution in [0.1, 0.15) is 12.8 Å². The Kier molecular flexibility index (Phi) is 2.33. The van der Waals surface area contributed by atoms with E-state index in [9.17, 15) is 5.11 Å². The Bertz CT molecular complexity index is 253. The molecule has 1 aromatic rings. The average molecular weight is 182 g/mol. The highest BCUT2D eigenvalue weighted by atomic mass is 16.5. The van der Waals surface area contributed by atoms with E-state index in [2.05, 4.69) is 4.98 Å². The summed E-state index contributed by atoms with van der Waals surface area (Å²) in [7, 11) is 0. The van der Waals surface area contributed by atoms with Crippen LogP contribution in [0.25, 0.3) is 0 Å². The van der Waals surface area contributed by atoms with E-state index in [-0.39, 0.29) is 12.1 Å². The van der Waals surface area contributed by atoms with E-state index in [1.807, 2.05) is 10.8 Å². The van der Waals surface area contributed by atoms with Gasteiger partial charge in [0.1, 0.15) is 0 Å². The third-order valence-electron chi connectivity index (χ3n) is 2.77. The van der Waals surface area contributed by atoms with Crippen molar-refractivity contribution in [2.24, 2.45) is 0 Å². The molecule has 72 valence electrons. The number of nitrogens with zero attached hydrogens (tertiary/aromatic N) is 2. The lowest BCUT2D eigenvalue weighted by Gasteiger charge is -2.36. The molecule has 0 unspecified atom stereocenters. The van der Waals surface area contributed by atoms with Gasteiger partial charge in [-0.1, -0.05) is 0 Å². The Balaban J connectivity index is 2.23. The summed E-state index contributed by atoms with van der Waals surface area (Å²) < 4.78 is 7.28. The van der Waals surface area contributed by atoms with Gasteiger partial charge in [0.25, 0.3) is 0 Å². The van der Waals surface area contributed by atoms with Gasteiger partial charge in [-0.05, 0) is 12.8 Å². The summed E-state index contributed by atoms with van der Waals surface area (Å²) in [6, 6.07) is 0. The predicted octanol–water partition coefficient (Wildman–Crippen LogP) is 0.381. The van der Waals surface area contributed by atoms with Crippen molar-refractivity contribution in [1.29, 1.82) is 0 Å². The molecular formula is C9H14N2O2. The van der Waals surface area contributed by atoms with Crippen molar-refractivity contribution in [1.82, 2.24) is 9.55 Å². The first-order valence-electron chi connectivity index (χ1n) is 4.54. The number of hydrogen-bond donors (Lipinski definition) is 1. The quantitative estimate of drug-likeness (QED) is 0.719. The minimum absolute atomic E-state index is 0.159. The molecule has 0 spiro atoms. The van der Waals surface area contributed by atoms with Gasteiger partial charge < -0.3 is 14.4 Å². The summed E-state index contributed by atoms with van der Waals surface area (Å²) in [6.07, 6.45) is 7.13. The molecule has 1 N–H and O–H groups in total. The van der Waals surface area contributed by atoms with Crippen molar-refractivity contribution < 1.29 is 9.84 Å². The number of rotatable bonds is 2. The number of aliphatic hydroxyl groups excluding tert-OH is 1. The fourth-order valence-electron chi connectivity index (χ4n) is 1.79. The molecule has 13 heavy (non-hydrogen) atoms. The first-order valence-corrected chi connectivity index (χ1v) is 4.54. The summed E-state index contributed by atoms with van der Waals surface area (Å²) in [6.45, 7) is 1.60. The Labute approximate surface area is 77.2 Å². The zero-order valence-electron chi connectivity index (χ0n) is 7.52. The van der Waals surface area contributed by atoms with Crippen molar-refractivity contribution in [3.05, 3.63) is 18.7 Å². The van der Waals surface area contributed by atoms with Gasteiger partial charge in [-0.25, -0.2) is 4.98 Å². The molecule has 0 amide bonds. The molecule has 0 aromatic carbocycles. The molecule has 1 saturated heterocycles. The summed E-state index contributed by atoms with van der Waals surface area (Å²) in [4.78, 5) is 4.00. The summed E-state index contributed by atoms with van der Waals surface area (Å²) >= 11 is 0. The van der Waals surface area contributed by atoms with Crippen molar-refractivity contribution in [3.8, 4) is 0 Å². The predicted molar refractivity (Wildman–Crippen MR) is 47.3 cm³/mol. The van der Waals surface area contributed by atoms with Gasteiger partial charge in [0, 0.05) is 25.6 Å². The summed E-state index contributed by atoms with van der Waals surface area (Å²) in [5, 5.41) is 9.41. The molecule has 1 aromatic heterocycles. The van der Waals surface area contributed by atoms with Gasteiger partial charge in [-0.15, -0.1) is 0 Å².